The zero-order valence-corrected chi connectivity index (χ0v) is 12.7. The number of rotatable bonds is 3. The maximum Gasteiger partial charge on any atom is 0.417 e. The van der Waals surface area contributed by atoms with Crippen LogP contribution in [-0.4, -0.2) is 5.71 Å². The molecule has 0 bridgehead atoms. The Bertz CT molecular complexity index is 711. The maximum atomic E-state index is 13.0. The second-order valence-electron chi connectivity index (χ2n) is 4.72. The van der Waals surface area contributed by atoms with Gasteiger partial charge in [-0.2, -0.15) is 13.2 Å². The van der Waals surface area contributed by atoms with Crippen molar-refractivity contribution in [3.63, 3.8) is 0 Å². The number of benzene rings is 2. The van der Waals surface area contributed by atoms with Gasteiger partial charge in [-0.15, -0.1) is 0 Å². The molecule has 116 valence electrons. The Balaban J connectivity index is 2.37. The van der Waals surface area contributed by atoms with Gasteiger partial charge in [0.2, 0.25) is 0 Å². The molecule has 0 fully saturated rings. The Morgan fingerprint density at radius 2 is 1.82 bits per heavy atom. The lowest BCUT2D eigenvalue weighted by atomic mass is 10.0. The standard InChI is InChI=1S/C16H13ClF3NO/c1-10-5-3-4-6-15(10)22-21-11(2)13-9-12(17)7-8-14(13)16(18,19)20/h3-9H,1-2H3. The molecule has 0 heterocycles. The quantitative estimate of drug-likeness (QED) is 0.541. The summed E-state index contributed by atoms with van der Waals surface area (Å²) in [6.07, 6.45) is -4.49. The van der Waals surface area contributed by atoms with Gasteiger partial charge in [-0.05, 0) is 43.7 Å². The molecule has 0 aliphatic heterocycles. The number of hydrogen-bond acceptors (Lipinski definition) is 2. The van der Waals surface area contributed by atoms with Crippen LogP contribution in [-0.2, 0) is 6.18 Å². The summed E-state index contributed by atoms with van der Waals surface area (Å²) in [5.74, 6) is 0.484. The summed E-state index contributed by atoms with van der Waals surface area (Å²) in [6.45, 7) is 3.26. The molecular weight excluding hydrogens is 315 g/mol. The van der Waals surface area contributed by atoms with Crippen LogP contribution < -0.4 is 4.84 Å². The van der Waals surface area contributed by atoms with Gasteiger partial charge < -0.3 is 4.84 Å². The fourth-order valence-corrected chi connectivity index (χ4v) is 2.06. The molecule has 0 aromatic heterocycles. The third-order valence-electron chi connectivity index (χ3n) is 3.05. The highest BCUT2D eigenvalue weighted by atomic mass is 35.5. The van der Waals surface area contributed by atoms with Crippen LogP contribution in [0, 0.1) is 6.92 Å². The summed E-state index contributed by atoms with van der Waals surface area (Å²) >= 11 is 5.79. The van der Waals surface area contributed by atoms with E-state index in [2.05, 4.69) is 5.16 Å². The molecule has 0 spiro atoms. The van der Waals surface area contributed by atoms with Crippen LogP contribution in [0.1, 0.15) is 23.6 Å². The molecule has 0 unspecified atom stereocenters. The first kappa shape index (κ1) is 16.4. The Hall–Kier alpha value is -2.01. The molecule has 0 amide bonds. The van der Waals surface area contributed by atoms with Crippen LogP contribution >= 0.6 is 11.6 Å². The fourth-order valence-electron chi connectivity index (χ4n) is 1.89. The van der Waals surface area contributed by atoms with E-state index in [9.17, 15) is 13.2 Å². The maximum absolute atomic E-state index is 13.0. The SMILES string of the molecule is CC(=NOc1ccccc1C)c1cc(Cl)ccc1C(F)(F)F. The van der Waals surface area contributed by atoms with Crippen molar-refractivity contribution < 1.29 is 18.0 Å². The van der Waals surface area contributed by atoms with Crippen molar-refractivity contribution in [2.75, 3.05) is 0 Å². The van der Waals surface area contributed by atoms with E-state index in [1.54, 1.807) is 12.1 Å². The van der Waals surface area contributed by atoms with Crippen molar-refractivity contribution in [3.8, 4) is 5.75 Å². The summed E-state index contributed by atoms with van der Waals surface area (Å²) in [6, 6.07) is 10.5. The Morgan fingerprint density at radius 1 is 1.14 bits per heavy atom. The summed E-state index contributed by atoms with van der Waals surface area (Å²) in [4.78, 5) is 5.24. The van der Waals surface area contributed by atoms with Crippen molar-refractivity contribution in [1.82, 2.24) is 0 Å². The molecule has 0 N–H and O–H groups in total. The Labute approximate surface area is 131 Å². The molecule has 2 aromatic rings. The van der Waals surface area contributed by atoms with E-state index in [1.807, 2.05) is 19.1 Å². The van der Waals surface area contributed by atoms with Crippen LogP contribution in [0.5, 0.6) is 5.75 Å². The topological polar surface area (TPSA) is 21.6 Å². The minimum Gasteiger partial charge on any atom is -0.356 e. The molecule has 0 aliphatic carbocycles. The highest BCUT2D eigenvalue weighted by Gasteiger charge is 2.34. The molecule has 0 saturated heterocycles. The number of halogens is 4. The average Bonchev–Trinajstić information content (AvgIpc) is 2.44. The van der Waals surface area contributed by atoms with E-state index in [-0.39, 0.29) is 16.3 Å². The highest BCUT2D eigenvalue weighted by Crippen LogP contribution is 2.33. The zero-order chi connectivity index (χ0) is 16.3. The van der Waals surface area contributed by atoms with E-state index in [1.165, 1.54) is 19.1 Å². The molecule has 2 nitrogen and oxygen atoms in total. The number of aryl methyl sites for hydroxylation is 1. The van der Waals surface area contributed by atoms with Gasteiger partial charge in [0.1, 0.15) is 0 Å². The smallest absolute Gasteiger partial charge is 0.356 e. The van der Waals surface area contributed by atoms with E-state index in [0.717, 1.165) is 11.6 Å². The number of oxime groups is 1. The first-order valence-electron chi connectivity index (χ1n) is 6.43. The fraction of sp³-hybridized carbons (Fsp3) is 0.188. The number of nitrogens with zero attached hydrogens (tertiary/aromatic N) is 1. The first-order chi connectivity index (χ1) is 10.3. The Kier molecular flexibility index (Phi) is 4.76. The van der Waals surface area contributed by atoms with Gasteiger partial charge in [0.15, 0.2) is 5.75 Å². The van der Waals surface area contributed by atoms with E-state index >= 15 is 0 Å². The summed E-state index contributed by atoms with van der Waals surface area (Å²) in [5, 5.41) is 4.00. The molecule has 0 aliphatic rings. The lowest BCUT2D eigenvalue weighted by molar-refractivity contribution is -0.137. The van der Waals surface area contributed by atoms with E-state index < -0.39 is 11.7 Å². The van der Waals surface area contributed by atoms with Gasteiger partial charge in [-0.3, -0.25) is 0 Å². The van der Waals surface area contributed by atoms with Gasteiger partial charge in [-0.25, -0.2) is 0 Å². The number of hydrogen-bond donors (Lipinski definition) is 0. The van der Waals surface area contributed by atoms with Gasteiger partial charge >= 0.3 is 6.18 Å². The third-order valence-corrected chi connectivity index (χ3v) is 3.29. The van der Waals surface area contributed by atoms with Crippen LogP contribution in [0.25, 0.3) is 0 Å². The van der Waals surface area contributed by atoms with Gasteiger partial charge in [-0.1, -0.05) is 35.0 Å². The molecule has 6 heteroatoms. The molecule has 0 radical (unpaired) electrons. The summed E-state index contributed by atoms with van der Waals surface area (Å²) < 4.78 is 39.1. The second kappa shape index (κ2) is 6.40. The predicted molar refractivity (Wildman–Crippen MR) is 80.5 cm³/mol. The lowest BCUT2D eigenvalue weighted by Gasteiger charge is -2.13. The van der Waals surface area contributed by atoms with E-state index in [4.69, 9.17) is 16.4 Å². The normalized spacial score (nSPS) is 12.4. The summed E-state index contributed by atoms with van der Waals surface area (Å²) in [5.41, 5.74) is 0.0272. The van der Waals surface area contributed by atoms with Crippen molar-refractivity contribution in [1.29, 1.82) is 0 Å². The van der Waals surface area contributed by atoms with Crippen molar-refractivity contribution in [2.24, 2.45) is 5.16 Å². The van der Waals surface area contributed by atoms with Crippen LogP contribution in [0.4, 0.5) is 13.2 Å². The highest BCUT2D eigenvalue weighted by molar-refractivity contribution is 6.31. The zero-order valence-electron chi connectivity index (χ0n) is 11.9. The molecule has 2 aromatic carbocycles. The number of para-hydroxylation sites is 1. The largest absolute Gasteiger partial charge is 0.417 e. The predicted octanol–water partition coefficient (Wildman–Crippen LogP) is 5.47. The molecule has 22 heavy (non-hydrogen) atoms. The van der Waals surface area contributed by atoms with Gasteiger partial charge in [0.25, 0.3) is 0 Å². The second-order valence-corrected chi connectivity index (χ2v) is 5.16. The first-order valence-corrected chi connectivity index (χ1v) is 6.81. The molecule has 0 saturated carbocycles. The van der Waals surface area contributed by atoms with Crippen LogP contribution in [0.2, 0.25) is 5.02 Å². The minimum absolute atomic E-state index is 0.0954. The van der Waals surface area contributed by atoms with E-state index in [0.29, 0.717) is 5.75 Å². The van der Waals surface area contributed by atoms with Gasteiger partial charge in [0.05, 0.1) is 11.3 Å². The summed E-state index contributed by atoms with van der Waals surface area (Å²) in [7, 11) is 0. The van der Waals surface area contributed by atoms with Crippen molar-refractivity contribution in [2.45, 2.75) is 20.0 Å². The van der Waals surface area contributed by atoms with Crippen LogP contribution in [0.15, 0.2) is 47.6 Å². The molecular formula is C16H13ClF3NO. The lowest BCUT2D eigenvalue weighted by Crippen LogP contribution is -2.12. The van der Waals surface area contributed by atoms with Crippen molar-refractivity contribution >= 4 is 17.3 Å². The minimum atomic E-state index is -4.49. The monoisotopic (exact) mass is 327 g/mol. The average molecular weight is 328 g/mol. The van der Waals surface area contributed by atoms with Gasteiger partial charge in [0, 0.05) is 10.6 Å². The molecule has 2 rings (SSSR count). The Morgan fingerprint density at radius 3 is 2.45 bits per heavy atom. The third kappa shape index (κ3) is 3.80. The number of alkyl halides is 3. The van der Waals surface area contributed by atoms with Crippen molar-refractivity contribution in [3.05, 3.63) is 64.2 Å². The molecule has 0 atom stereocenters. The van der Waals surface area contributed by atoms with Crippen LogP contribution in [0.3, 0.4) is 0 Å².